The second-order valence-corrected chi connectivity index (χ2v) is 4.79. The van der Waals surface area contributed by atoms with Gasteiger partial charge in [0.2, 0.25) is 0 Å². The SMILES string of the molecule is C=C(OC(=N)C(C)(C)C)C1=CCC=CC=C1. The van der Waals surface area contributed by atoms with Gasteiger partial charge < -0.3 is 4.74 Å². The Bertz CT molecular complexity index is 378. The number of ether oxygens (including phenoxy) is 1. The van der Waals surface area contributed by atoms with E-state index in [0.29, 0.717) is 5.76 Å². The highest BCUT2D eigenvalue weighted by atomic mass is 16.5. The van der Waals surface area contributed by atoms with Gasteiger partial charge in [-0.15, -0.1) is 0 Å². The lowest BCUT2D eigenvalue weighted by Crippen LogP contribution is -2.22. The molecule has 0 heterocycles. The molecule has 0 amide bonds. The third-order valence-corrected chi connectivity index (χ3v) is 2.23. The van der Waals surface area contributed by atoms with Gasteiger partial charge >= 0.3 is 0 Å². The zero-order valence-corrected chi connectivity index (χ0v) is 10.2. The topological polar surface area (TPSA) is 33.1 Å². The van der Waals surface area contributed by atoms with Crippen LogP contribution in [-0.4, -0.2) is 5.90 Å². The Morgan fingerprint density at radius 1 is 1.38 bits per heavy atom. The summed E-state index contributed by atoms with van der Waals surface area (Å²) in [5.41, 5.74) is 0.662. The van der Waals surface area contributed by atoms with Crippen molar-refractivity contribution < 1.29 is 4.74 Å². The molecular weight excluding hydrogens is 198 g/mol. The third-order valence-electron chi connectivity index (χ3n) is 2.23. The number of allylic oxidation sites excluding steroid dienone is 5. The maximum atomic E-state index is 7.79. The van der Waals surface area contributed by atoms with Crippen molar-refractivity contribution in [3.63, 3.8) is 0 Å². The van der Waals surface area contributed by atoms with E-state index < -0.39 is 0 Å². The second-order valence-electron chi connectivity index (χ2n) is 4.79. The van der Waals surface area contributed by atoms with E-state index in [0.717, 1.165) is 12.0 Å². The van der Waals surface area contributed by atoms with Crippen LogP contribution in [0.3, 0.4) is 0 Å². The van der Waals surface area contributed by atoms with Gasteiger partial charge in [0.15, 0.2) is 5.90 Å². The Balaban J connectivity index is 2.67. The van der Waals surface area contributed by atoms with Gasteiger partial charge in [0.25, 0.3) is 0 Å². The monoisotopic (exact) mass is 217 g/mol. The van der Waals surface area contributed by atoms with Crippen LogP contribution in [0.4, 0.5) is 0 Å². The van der Waals surface area contributed by atoms with E-state index in [4.69, 9.17) is 10.1 Å². The molecule has 16 heavy (non-hydrogen) atoms. The number of hydrogen-bond donors (Lipinski definition) is 1. The van der Waals surface area contributed by atoms with E-state index in [1.54, 1.807) is 0 Å². The summed E-state index contributed by atoms with van der Waals surface area (Å²) in [5, 5.41) is 7.79. The highest BCUT2D eigenvalue weighted by molar-refractivity contribution is 5.79. The molecule has 1 rings (SSSR count). The molecule has 0 radical (unpaired) electrons. The number of nitrogens with one attached hydrogen (secondary N) is 1. The molecule has 0 unspecified atom stereocenters. The summed E-state index contributed by atoms with van der Waals surface area (Å²) in [7, 11) is 0. The Kier molecular flexibility index (Phi) is 3.88. The Morgan fingerprint density at radius 2 is 2.06 bits per heavy atom. The minimum Gasteiger partial charge on any atom is -0.443 e. The van der Waals surface area contributed by atoms with Gasteiger partial charge in [-0.1, -0.05) is 57.7 Å². The predicted molar refractivity (Wildman–Crippen MR) is 68.4 cm³/mol. The molecule has 0 saturated carbocycles. The van der Waals surface area contributed by atoms with Gasteiger partial charge in [0, 0.05) is 11.0 Å². The summed E-state index contributed by atoms with van der Waals surface area (Å²) in [5.74, 6) is 0.781. The molecule has 86 valence electrons. The molecule has 1 aliphatic rings. The summed E-state index contributed by atoms with van der Waals surface area (Å²) < 4.78 is 5.45. The summed E-state index contributed by atoms with van der Waals surface area (Å²) in [6.07, 6.45) is 10.9. The number of rotatable bonds is 2. The van der Waals surface area contributed by atoms with Crippen LogP contribution in [0, 0.1) is 10.8 Å². The summed E-state index contributed by atoms with van der Waals surface area (Å²) in [6.45, 7) is 9.70. The number of hydrogen-bond acceptors (Lipinski definition) is 2. The predicted octanol–water partition coefficient (Wildman–Crippen LogP) is 3.98. The molecule has 0 bridgehead atoms. The van der Waals surface area contributed by atoms with E-state index in [1.807, 2.05) is 45.1 Å². The van der Waals surface area contributed by atoms with Crippen LogP contribution in [0.15, 0.2) is 48.3 Å². The molecule has 1 aliphatic carbocycles. The van der Waals surface area contributed by atoms with Gasteiger partial charge in [0.1, 0.15) is 5.76 Å². The summed E-state index contributed by atoms with van der Waals surface area (Å²) in [4.78, 5) is 0. The smallest absolute Gasteiger partial charge is 0.192 e. The standard InChI is InChI=1S/C14H19NO/c1-11(16-13(15)14(2,3)4)12-9-7-5-6-8-10-12/h5-7,9-10,15H,1,8H2,2-4H3. The fourth-order valence-corrected chi connectivity index (χ4v) is 1.12. The van der Waals surface area contributed by atoms with Crippen LogP contribution in [-0.2, 0) is 4.74 Å². The second kappa shape index (κ2) is 4.97. The van der Waals surface area contributed by atoms with Crippen molar-refractivity contribution in [1.82, 2.24) is 0 Å². The van der Waals surface area contributed by atoms with Crippen molar-refractivity contribution in [2.75, 3.05) is 0 Å². The summed E-state index contributed by atoms with van der Waals surface area (Å²) in [6, 6.07) is 0. The molecule has 1 N–H and O–H groups in total. The van der Waals surface area contributed by atoms with Crippen LogP contribution in [0.1, 0.15) is 27.2 Å². The van der Waals surface area contributed by atoms with Gasteiger partial charge in [-0.25, -0.2) is 0 Å². The molecular formula is C14H19NO. The quantitative estimate of drug-likeness (QED) is 0.423. The average Bonchev–Trinajstić information content (AvgIpc) is 2.43. The summed E-state index contributed by atoms with van der Waals surface area (Å²) >= 11 is 0. The lowest BCUT2D eigenvalue weighted by Gasteiger charge is -2.20. The minimum absolute atomic E-state index is 0.240. The fourth-order valence-electron chi connectivity index (χ4n) is 1.12. The maximum Gasteiger partial charge on any atom is 0.192 e. The van der Waals surface area contributed by atoms with Crippen LogP contribution in [0.2, 0.25) is 0 Å². The van der Waals surface area contributed by atoms with Crippen molar-refractivity contribution >= 4 is 5.90 Å². The van der Waals surface area contributed by atoms with E-state index >= 15 is 0 Å². The first-order chi connectivity index (χ1) is 7.41. The fraction of sp³-hybridized carbons (Fsp3) is 0.357. The average molecular weight is 217 g/mol. The molecule has 0 atom stereocenters. The zero-order chi connectivity index (χ0) is 12.2. The molecule has 0 aromatic carbocycles. The highest BCUT2D eigenvalue weighted by Crippen LogP contribution is 2.21. The largest absolute Gasteiger partial charge is 0.443 e. The molecule has 0 aliphatic heterocycles. The normalized spacial score (nSPS) is 15.3. The van der Waals surface area contributed by atoms with Crippen molar-refractivity contribution in [2.45, 2.75) is 27.2 Å². The van der Waals surface area contributed by atoms with Gasteiger partial charge in [0.05, 0.1) is 0 Å². The van der Waals surface area contributed by atoms with Crippen molar-refractivity contribution in [2.24, 2.45) is 5.41 Å². The third kappa shape index (κ3) is 3.54. The van der Waals surface area contributed by atoms with E-state index in [9.17, 15) is 0 Å². The van der Waals surface area contributed by atoms with Gasteiger partial charge in [-0.2, -0.15) is 0 Å². The maximum absolute atomic E-state index is 7.79. The van der Waals surface area contributed by atoms with E-state index in [-0.39, 0.29) is 11.3 Å². The molecule has 0 fully saturated rings. The first-order valence-electron chi connectivity index (χ1n) is 5.41. The lowest BCUT2D eigenvalue weighted by atomic mass is 9.97. The molecule has 0 aromatic heterocycles. The Labute approximate surface area is 97.5 Å². The Morgan fingerprint density at radius 3 is 2.69 bits per heavy atom. The first-order valence-corrected chi connectivity index (χ1v) is 5.41. The van der Waals surface area contributed by atoms with Crippen LogP contribution in [0.5, 0.6) is 0 Å². The van der Waals surface area contributed by atoms with Crippen molar-refractivity contribution in [3.8, 4) is 0 Å². The molecule has 0 saturated heterocycles. The Hall–Kier alpha value is -1.57. The minimum atomic E-state index is -0.282. The lowest BCUT2D eigenvalue weighted by molar-refractivity contribution is 0.353. The van der Waals surface area contributed by atoms with Crippen LogP contribution in [0.25, 0.3) is 0 Å². The first kappa shape index (κ1) is 12.5. The van der Waals surface area contributed by atoms with Gasteiger partial charge in [-0.05, 0) is 6.42 Å². The van der Waals surface area contributed by atoms with Gasteiger partial charge in [-0.3, -0.25) is 5.41 Å². The molecule has 0 spiro atoms. The van der Waals surface area contributed by atoms with Crippen molar-refractivity contribution in [1.29, 1.82) is 5.41 Å². The van der Waals surface area contributed by atoms with E-state index in [1.165, 1.54) is 0 Å². The molecule has 0 aromatic rings. The molecule has 2 nitrogen and oxygen atoms in total. The highest BCUT2D eigenvalue weighted by Gasteiger charge is 2.20. The molecule has 2 heteroatoms. The van der Waals surface area contributed by atoms with Crippen LogP contribution < -0.4 is 0 Å². The van der Waals surface area contributed by atoms with E-state index in [2.05, 4.69) is 12.7 Å². The zero-order valence-electron chi connectivity index (χ0n) is 10.2. The van der Waals surface area contributed by atoms with Crippen molar-refractivity contribution in [3.05, 3.63) is 48.3 Å². The van der Waals surface area contributed by atoms with Crippen LogP contribution >= 0.6 is 0 Å².